The number of carbonyl (C=O) groups is 7. The van der Waals surface area contributed by atoms with Crippen molar-refractivity contribution in [2.45, 2.75) is 127 Å². The fourth-order valence-electron chi connectivity index (χ4n) is 8.97. The van der Waals surface area contributed by atoms with Crippen LogP contribution in [0, 0.1) is 5.92 Å². The third-order valence-electron chi connectivity index (χ3n) is 12.3. The summed E-state index contributed by atoms with van der Waals surface area (Å²) in [6, 6.07) is 5.01. The molecule has 2 aromatic carbocycles. The minimum atomic E-state index is -1.22. The van der Waals surface area contributed by atoms with E-state index in [4.69, 9.17) is 5.73 Å². The number of phenols is 2. The second-order valence-electron chi connectivity index (χ2n) is 17.0. The Hall–Kier alpha value is -5.71. The number of phenolic OH excluding ortho intramolecular Hbond substituents is 2. The number of amides is 7. The molecule has 0 aliphatic carbocycles. The van der Waals surface area contributed by atoms with Gasteiger partial charge in [0.1, 0.15) is 53.8 Å². The number of hydrogen-bond acceptors (Lipinski definition) is 10. The molecular formula is C44H60N8O9. The van der Waals surface area contributed by atoms with Crippen LogP contribution in [0.25, 0.3) is 0 Å². The van der Waals surface area contributed by atoms with E-state index in [0.717, 1.165) is 0 Å². The third kappa shape index (κ3) is 10.8. The summed E-state index contributed by atoms with van der Waals surface area (Å²) >= 11 is 0. The summed E-state index contributed by atoms with van der Waals surface area (Å²) in [5, 5.41) is 31.4. The molecule has 4 fully saturated rings. The molecule has 4 saturated heterocycles. The molecule has 8 N–H and O–H groups in total. The standard InChI is InChI=1S/C44H60N8O9/c1-26(2)37-41(58)48-33(25-28-14-18-30(54)19-15-28)43(60)50-21-5-9-34(50)39(56)47-32(24-27-12-16-29(53)17-13-27)38(55)46-31(8-3-4-20-45)42(59)52-23-7-11-36(52)44(61)51-22-6-10-35(51)40(57)49-37/h12-19,26,31-37,53-54H,3-11,20-25,45H2,1-2H3,(H,46,55)(H,47,56)(H,48,58)(H,49,57)/t31-,32-,33-,34-,35-,36-,37-/m0/s1. The number of nitrogens with two attached hydrogens (primary N) is 1. The first-order valence-corrected chi connectivity index (χ1v) is 21.6. The molecule has 330 valence electrons. The van der Waals surface area contributed by atoms with E-state index in [1.54, 1.807) is 38.1 Å². The quantitative estimate of drug-likeness (QED) is 0.173. The SMILES string of the molecule is CC(C)[C@@H]1NC(=O)[C@@H]2CCCN2C(=O)[C@@H]2CCCN2C(=O)[C@H](CCCCN)NC(=O)[C@H](Cc2ccc(O)cc2)NC(=O)[C@@H]2CCCN2C(=O)[C@H](Cc2ccc(O)cc2)NC1=O. The van der Waals surface area contributed by atoms with Gasteiger partial charge in [-0.2, -0.15) is 0 Å². The van der Waals surface area contributed by atoms with Crippen molar-refractivity contribution in [2.75, 3.05) is 26.2 Å². The maximum absolute atomic E-state index is 14.6. The smallest absolute Gasteiger partial charge is 0.246 e. The molecule has 2 aromatic rings. The van der Waals surface area contributed by atoms with E-state index < -0.39 is 83.7 Å². The van der Waals surface area contributed by atoms with Gasteiger partial charge in [-0.15, -0.1) is 0 Å². The highest BCUT2D eigenvalue weighted by molar-refractivity contribution is 5.99. The highest BCUT2D eigenvalue weighted by Gasteiger charge is 2.45. The van der Waals surface area contributed by atoms with Crippen LogP contribution in [-0.2, 0) is 46.4 Å². The van der Waals surface area contributed by atoms with Crippen molar-refractivity contribution in [1.29, 1.82) is 0 Å². The first-order valence-electron chi connectivity index (χ1n) is 21.6. The van der Waals surface area contributed by atoms with Gasteiger partial charge in [0.05, 0.1) is 0 Å². The summed E-state index contributed by atoms with van der Waals surface area (Å²) < 4.78 is 0. The van der Waals surface area contributed by atoms with Crippen LogP contribution in [0.1, 0.15) is 82.8 Å². The van der Waals surface area contributed by atoms with Gasteiger partial charge in [0, 0.05) is 32.5 Å². The minimum Gasteiger partial charge on any atom is -0.508 e. The van der Waals surface area contributed by atoms with Crippen molar-refractivity contribution in [3.05, 3.63) is 59.7 Å². The van der Waals surface area contributed by atoms with Gasteiger partial charge in [0.2, 0.25) is 41.4 Å². The summed E-state index contributed by atoms with van der Waals surface area (Å²) in [7, 11) is 0. The van der Waals surface area contributed by atoms with E-state index in [1.807, 2.05) is 0 Å². The zero-order chi connectivity index (χ0) is 43.8. The number of nitrogens with zero attached hydrogens (tertiary/aromatic N) is 3. The number of carbonyl (C=O) groups excluding carboxylic acids is 7. The molecule has 0 aromatic heterocycles. The van der Waals surface area contributed by atoms with Gasteiger partial charge < -0.3 is 51.9 Å². The topological polar surface area (TPSA) is 244 Å². The van der Waals surface area contributed by atoms with Crippen LogP contribution < -0.4 is 27.0 Å². The lowest BCUT2D eigenvalue weighted by molar-refractivity contribution is -0.148. The molecule has 4 heterocycles. The van der Waals surface area contributed by atoms with Crippen molar-refractivity contribution in [3.8, 4) is 11.5 Å². The van der Waals surface area contributed by atoms with Crippen molar-refractivity contribution in [3.63, 3.8) is 0 Å². The highest BCUT2D eigenvalue weighted by atomic mass is 16.3. The summed E-state index contributed by atoms with van der Waals surface area (Å²) in [6.07, 6.45) is 3.82. The van der Waals surface area contributed by atoms with Crippen LogP contribution in [0.15, 0.2) is 48.5 Å². The number of fused-ring (bicyclic) bond motifs is 3. The number of unbranched alkanes of at least 4 members (excludes halogenated alkanes) is 1. The first kappa shape index (κ1) is 44.8. The van der Waals surface area contributed by atoms with Crippen LogP contribution in [0.4, 0.5) is 0 Å². The molecule has 0 radical (unpaired) electrons. The monoisotopic (exact) mass is 844 g/mol. The van der Waals surface area contributed by atoms with Crippen molar-refractivity contribution < 1.29 is 43.8 Å². The van der Waals surface area contributed by atoms with Gasteiger partial charge in [0.25, 0.3) is 0 Å². The van der Waals surface area contributed by atoms with E-state index in [0.29, 0.717) is 62.6 Å². The molecule has 4 aliphatic heterocycles. The van der Waals surface area contributed by atoms with E-state index >= 15 is 0 Å². The molecule has 4 aliphatic rings. The van der Waals surface area contributed by atoms with Crippen molar-refractivity contribution in [1.82, 2.24) is 36.0 Å². The van der Waals surface area contributed by atoms with E-state index in [-0.39, 0.29) is 62.7 Å². The molecule has 0 unspecified atom stereocenters. The van der Waals surface area contributed by atoms with E-state index in [9.17, 15) is 43.8 Å². The fourth-order valence-corrected chi connectivity index (χ4v) is 8.97. The summed E-state index contributed by atoms with van der Waals surface area (Å²) in [4.78, 5) is 105. The molecule has 0 bridgehead atoms. The molecule has 6 rings (SSSR count). The number of nitrogens with one attached hydrogen (secondary N) is 4. The summed E-state index contributed by atoms with van der Waals surface area (Å²) in [5.74, 6) is -4.18. The third-order valence-corrected chi connectivity index (χ3v) is 12.3. The van der Waals surface area contributed by atoms with Crippen LogP contribution in [0.5, 0.6) is 11.5 Å². The Labute approximate surface area is 356 Å². The van der Waals surface area contributed by atoms with Gasteiger partial charge in [-0.3, -0.25) is 33.6 Å². The zero-order valence-corrected chi connectivity index (χ0v) is 35.0. The first-order chi connectivity index (χ1) is 29.2. The normalized spacial score (nSPS) is 27.2. The van der Waals surface area contributed by atoms with Crippen LogP contribution in [-0.4, -0.2) is 135 Å². The molecular weight excluding hydrogens is 785 g/mol. The Morgan fingerprint density at radius 1 is 0.557 bits per heavy atom. The second-order valence-corrected chi connectivity index (χ2v) is 17.0. The lowest BCUT2D eigenvalue weighted by atomic mass is 9.99. The number of hydrogen-bond donors (Lipinski definition) is 7. The van der Waals surface area contributed by atoms with Gasteiger partial charge in [-0.25, -0.2) is 0 Å². The molecule has 0 saturated carbocycles. The van der Waals surface area contributed by atoms with Crippen LogP contribution >= 0.6 is 0 Å². The maximum Gasteiger partial charge on any atom is 0.246 e. The largest absolute Gasteiger partial charge is 0.508 e. The lowest BCUT2D eigenvalue weighted by Crippen LogP contribution is -2.60. The average molecular weight is 845 g/mol. The van der Waals surface area contributed by atoms with Gasteiger partial charge in [0.15, 0.2) is 0 Å². The summed E-state index contributed by atoms with van der Waals surface area (Å²) in [6.45, 7) is 4.63. The van der Waals surface area contributed by atoms with Gasteiger partial charge in [-0.05, 0) is 106 Å². The predicted octanol–water partition coefficient (Wildman–Crippen LogP) is 0.594. The van der Waals surface area contributed by atoms with Gasteiger partial charge >= 0.3 is 0 Å². The Morgan fingerprint density at radius 3 is 1.54 bits per heavy atom. The Morgan fingerprint density at radius 2 is 1.00 bits per heavy atom. The lowest BCUT2D eigenvalue weighted by Gasteiger charge is -2.34. The number of aromatic hydroxyl groups is 2. The Bertz CT molecular complexity index is 1930. The molecule has 17 nitrogen and oxygen atoms in total. The van der Waals surface area contributed by atoms with Gasteiger partial charge in [-0.1, -0.05) is 38.1 Å². The zero-order valence-electron chi connectivity index (χ0n) is 35.0. The molecule has 7 atom stereocenters. The molecule has 7 amide bonds. The number of rotatable bonds is 9. The molecule has 0 spiro atoms. The van der Waals surface area contributed by atoms with E-state index in [1.165, 1.54) is 39.0 Å². The van der Waals surface area contributed by atoms with E-state index in [2.05, 4.69) is 21.3 Å². The fraction of sp³-hybridized carbons (Fsp3) is 0.568. The van der Waals surface area contributed by atoms with Crippen molar-refractivity contribution >= 4 is 41.4 Å². The second kappa shape index (κ2) is 20.2. The van der Waals surface area contributed by atoms with Crippen LogP contribution in [0.3, 0.4) is 0 Å². The minimum absolute atomic E-state index is 0.00268. The maximum atomic E-state index is 14.6. The Kier molecular flexibility index (Phi) is 14.9. The highest BCUT2D eigenvalue weighted by Crippen LogP contribution is 2.27. The van der Waals surface area contributed by atoms with Crippen molar-refractivity contribution in [2.24, 2.45) is 11.7 Å². The summed E-state index contributed by atoms with van der Waals surface area (Å²) in [5.41, 5.74) is 7.04. The Balaban J connectivity index is 1.39. The average Bonchev–Trinajstić information content (AvgIpc) is 4.04. The molecule has 17 heteroatoms. The number of benzene rings is 2. The van der Waals surface area contributed by atoms with Crippen LogP contribution in [0.2, 0.25) is 0 Å². The molecule has 61 heavy (non-hydrogen) atoms. The predicted molar refractivity (Wildman–Crippen MR) is 223 cm³/mol.